The number of likely N-dealkylation sites (N-methyl/N-ethyl adjacent to an activating group) is 1. The Balaban J connectivity index is 1.22. The second kappa shape index (κ2) is 12.7. The number of aliphatic hydroxyl groups excluding tert-OH is 1. The van der Waals surface area contributed by atoms with Gasteiger partial charge in [0.15, 0.2) is 0 Å². The van der Waals surface area contributed by atoms with E-state index < -0.39 is 0 Å². The average molecular weight is 467 g/mol. The van der Waals surface area contributed by atoms with Gasteiger partial charge in [-0.25, -0.2) is 10.9 Å². The Bertz CT molecular complexity index is 599. The van der Waals surface area contributed by atoms with E-state index in [9.17, 15) is 9.90 Å². The Morgan fingerprint density at radius 2 is 1.94 bits per heavy atom. The predicted octanol–water partition coefficient (Wildman–Crippen LogP) is -1.05. The number of piperidine rings is 1. The summed E-state index contributed by atoms with van der Waals surface area (Å²) in [6.45, 7) is 3.68. The van der Waals surface area contributed by atoms with E-state index in [-0.39, 0.29) is 43.0 Å². The van der Waals surface area contributed by atoms with Crippen molar-refractivity contribution in [2.45, 2.75) is 88.4 Å². The molecule has 33 heavy (non-hydrogen) atoms. The van der Waals surface area contributed by atoms with E-state index in [0.29, 0.717) is 18.4 Å². The lowest BCUT2D eigenvalue weighted by Gasteiger charge is -2.35. The van der Waals surface area contributed by atoms with Crippen LogP contribution in [0.3, 0.4) is 0 Å². The van der Waals surface area contributed by atoms with Crippen LogP contribution in [0.15, 0.2) is 0 Å². The lowest BCUT2D eigenvalue weighted by atomic mass is 9.82. The molecule has 6 unspecified atom stereocenters. The summed E-state index contributed by atoms with van der Waals surface area (Å²) in [6, 6.07) is 0.540. The van der Waals surface area contributed by atoms with Crippen molar-refractivity contribution < 1.29 is 9.90 Å². The van der Waals surface area contributed by atoms with E-state index in [1.54, 1.807) is 0 Å². The van der Waals surface area contributed by atoms with Crippen molar-refractivity contribution in [2.24, 2.45) is 11.8 Å². The number of aliphatic hydroxyl groups is 1. The maximum absolute atomic E-state index is 13.1. The number of hydrazine groups is 1. The van der Waals surface area contributed by atoms with E-state index >= 15 is 0 Å². The molecule has 0 bridgehead atoms. The molecule has 4 rings (SSSR count). The highest BCUT2D eigenvalue weighted by Crippen LogP contribution is 2.28. The smallest absolute Gasteiger partial charge is 0.223 e. The third-order valence-electron chi connectivity index (χ3n) is 8.15. The van der Waals surface area contributed by atoms with E-state index in [2.05, 4.69) is 49.4 Å². The minimum atomic E-state index is 0.0209. The molecule has 190 valence electrons. The number of hydrogen-bond donors (Lipinski definition) is 8. The van der Waals surface area contributed by atoms with Crippen molar-refractivity contribution in [1.29, 1.82) is 0 Å². The van der Waals surface area contributed by atoms with Crippen LogP contribution in [0, 0.1) is 11.8 Å². The Kier molecular flexibility index (Phi) is 9.75. The fourth-order valence-electron chi connectivity index (χ4n) is 6.05. The van der Waals surface area contributed by atoms with Crippen molar-refractivity contribution in [3.63, 3.8) is 0 Å². The number of hydrogen-bond acceptors (Lipinski definition) is 9. The summed E-state index contributed by atoms with van der Waals surface area (Å²) in [7, 11) is 2.16. The van der Waals surface area contributed by atoms with Crippen molar-refractivity contribution in [3.8, 4) is 0 Å². The van der Waals surface area contributed by atoms with Crippen molar-refractivity contribution in [1.82, 2.24) is 42.3 Å². The summed E-state index contributed by atoms with van der Waals surface area (Å²) in [4.78, 5) is 15.5. The van der Waals surface area contributed by atoms with Crippen LogP contribution in [0.4, 0.5) is 0 Å². The van der Waals surface area contributed by atoms with Gasteiger partial charge >= 0.3 is 0 Å². The molecule has 0 radical (unpaired) electrons. The van der Waals surface area contributed by atoms with Crippen molar-refractivity contribution in [2.75, 3.05) is 40.0 Å². The van der Waals surface area contributed by atoms with Gasteiger partial charge in [0.25, 0.3) is 0 Å². The minimum absolute atomic E-state index is 0.0209. The van der Waals surface area contributed by atoms with Crippen LogP contribution in [-0.4, -0.2) is 86.5 Å². The summed E-state index contributed by atoms with van der Waals surface area (Å²) in [5.41, 5.74) is 6.87. The molecule has 1 aliphatic carbocycles. The molecule has 3 heterocycles. The van der Waals surface area contributed by atoms with Gasteiger partial charge in [-0.3, -0.25) is 20.3 Å². The van der Waals surface area contributed by atoms with Crippen LogP contribution >= 0.6 is 0 Å². The molecule has 1 amide bonds. The lowest BCUT2D eigenvalue weighted by Crippen LogP contribution is -2.58. The zero-order chi connectivity index (χ0) is 23.0. The van der Waals surface area contributed by atoms with E-state index in [1.165, 1.54) is 32.1 Å². The zero-order valence-electron chi connectivity index (χ0n) is 20.2. The first kappa shape index (κ1) is 25.2. The van der Waals surface area contributed by atoms with Crippen LogP contribution in [0.25, 0.3) is 0 Å². The van der Waals surface area contributed by atoms with Gasteiger partial charge in [-0.2, -0.15) is 0 Å². The van der Waals surface area contributed by atoms with Crippen LogP contribution in [0.2, 0.25) is 0 Å². The van der Waals surface area contributed by atoms with Crippen molar-refractivity contribution in [3.05, 3.63) is 0 Å². The van der Waals surface area contributed by atoms with Gasteiger partial charge in [0.05, 0.1) is 18.5 Å². The Labute approximate surface area is 198 Å². The van der Waals surface area contributed by atoms with Crippen molar-refractivity contribution >= 4 is 5.91 Å². The first-order valence-electron chi connectivity index (χ1n) is 13.2. The Morgan fingerprint density at radius 3 is 2.70 bits per heavy atom. The van der Waals surface area contributed by atoms with Crippen LogP contribution in [0.5, 0.6) is 0 Å². The quantitative estimate of drug-likeness (QED) is 0.215. The van der Waals surface area contributed by atoms with Crippen LogP contribution < -0.4 is 37.4 Å². The Morgan fingerprint density at radius 1 is 1.09 bits per heavy atom. The number of rotatable bonds is 9. The zero-order valence-corrected chi connectivity index (χ0v) is 20.2. The molecular formula is C23H46N8O2. The molecule has 3 saturated heterocycles. The average Bonchev–Trinajstić information content (AvgIpc) is 3.23. The maximum Gasteiger partial charge on any atom is 0.223 e. The van der Waals surface area contributed by atoms with Crippen LogP contribution in [0.1, 0.15) is 57.8 Å². The molecule has 0 aromatic rings. The third-order valence-corrected chi connectivity index (χ3v) is 8.15. The second-order valence-corrected chi connectivity index (χ2v) is 10.4. The van der Waals surface area contributed by atoms with Gasteiger partial charge in [0, 0.05) is 37.8 Å². The molecule has 6 atom stereocenters. The molecule has 10 heteroatoms. The fourth-order valence-corrected chi connectivity index (χ4v) is 6.05. The Hall–Kier alpha value is -0.850. The SMILES string of the molecule is CN1C(CNC2CC(C(=O)NC(CCO)C3CCCCC3)CCN2)NNC1C1CCNCN1. The molecule has 4 aliphatic rings. The predicted molar refractivity (Wildman–Crippen MR) is 129 cm³/mol. The monoisotopic (exact) mass is 466 g/mol. The standard InChI is InChI=1S/C23H46N8O2/c1-31-21(29-30-22(31)19-8-10-24-15-27-19)14-26-20-13-17(7-11-25-20)23(33)28-18(9-12-32)16-5-3-2-4-6-16/h16-22,24-27,29-30,32H,2-15H2,1H3,(H,28,33). The second-order valence-electron chi connectivity index (χ2n) is 10.4. The summed E-state index contributed by atoms with van der Waals surface area (Å²) < 4.78 is 0. The fraction of sp³-hybridized carbons (Fsp3) is 0.957. The molecule has 10 nitrogen and oxygen atoms in total. The van der Waals surface area contributed by atoms with Gasteiger partial charge in [-0.1, -0.05) is 19.3 Å². The van der Waals surface area contributed by atoms with Gasteiger partial charge in [0.1, 0.15) is 0 Å². The summed E-state index contributed by atoms with van der Waals surface area (Å²) in [5, 5.41) is 26.9. The topological polar surface area (TPSA) is 125 Å². The largest absolute Gasteiger partial charge is 0.396 e. The van der Waals surface area contributed by atoms with Gasteiger partial charge < -0.3 is 21.1 Å². The third kappa shape index (κ3) is 6.85. The highest BCUT2D eigenvalue weighted by Gasteiger charge is 2.36. The first-order chi connectivity index (χ1) is 16.2. The maximum atomic E-state index is 13.1. The number of carbonyl (C=O) groups excluding carboxylic acids is 1. The van der Waals surface area contributed by atoms with Crippen LogP contribution in [-0.2, 0) is 4.79 Å². The number of carbonyl (C=O) groups is 1. The number of nitrogens with one attached hydrogen (secondary N) is 7. The highest BCUT2D eigenvalue weighted by atomic mass is 16.3. The molecule has 0 aromatic heterocycles. The summed E-state index contributed by atoms with van der Waals surface area (Å²) in [5.74, 6) is 0.708. The van der Waals surface area contributed by atoms with Gasteiger partial charge in [0.2, 0.25) is 5.91 Å². The lowest BCUT2D eigenvalue weighted by molar-refractivity contribution is -0.127. The van der Waals surface area contributed by atoms with E-state index in [4.69, 9.17) is 0 Å². The number of amides is 1. The molecule has 4 fully saturated rings. The first-order valence-corrected chi connectivity index (χ1v) is 13.2. The molecule has 0 aromatic carbocycles. The molecule has 0 spiro atoms. The summed E-state index contributed by atoms with van der Waals surface area (Å²) >= 11 is 0. The number of nitrogens with zero attached hydrogens (tertiary/aromatic N) is 1. The summed E-state index contributed by atoms with van der Waals surface area (Å²) in [6.07, 6.45) is 10.2. The molecule has 8 N–H and O–H groups in total. The normalized spacial score (nSPS) is 35.4. The highest BCUT2D eigenvalue weighted by molar-refractivity contribution is 5.79. The van der Waals surface area contributed by atoms with Gasteiger partial charge in [-0.05, 0) is 64.6 Å². The molecular weight excluding hydrogens is 420 g/mol. The van der Waals surface area contributed by atoms with E-state index in [1.807, 2.05) is 0 Å². The minimum Gasteiger partial charge on any atom is -0.396 e. The molecule has 1 saturated carbocycles. The van der Waals surface area contributed by atoms with Gasteiger partial charge in [-0.15, -0.1) is 0 Å². The molecule has 3 aliphatic heterocycles. The van der Waals surface area contributed by atoms with E-state index in [0.717, 1.165) is 45.6 Å².